The van der Waals surface area contributed by atoms with E-state index in [4.69, 9.17) is 11.6 Å². The van der Waals surface area contributed by atoms with Crippen molar-refractivity contribution in [1.29, 1.82) is 0 Å². The molecular formula is C14H16ClFN2O3. The minimum absolute atomic E-state index is 0.122. The number of urea groups is 1. The molecule has 2 rings (SSSR count). The third-order valence-electron chi connectivity index (χ3n) is 3.61. The highest BCUT2D eigenvalue weighted by molar-refractivity contribution is 6.30. The molecule has 114 valence electrons. The van der Waals surface area contributed by atoms with Crippen molar-refractivity contribution in [2.45, 2.75) is 19.8 Å². The number of carboxylic acid groups (broad SMARTS) is 1. The Kier molecular flexibility index (Phi) is 4.37. The number of rotatable bonds is 2. The summed E-state index contributed by atoms with van der Waals surface area (Å²) in [6.45, 7) is 2.21. The number of hydrogen-bond acceptors (Lipinski definition) is 2. The van der Waals surface area contributed by atoms with Gasteiger partial charge in [0.2, 0.25) is 0 Å². The third-order valence-corrected chi connectivity index (χ3v) is 3.83. The van der Waals surface area contributed by atoms with E-state index in [0.717, 1.165) is 12.1 Å². The first kappa shape index (κ1) is 15.6. The Morgan fingerprint density at radius 1 is 1.43 bits per heavy atom. The van der Waals surface area contributed by atoms with Crippen LogP contribution >= 0.6 is 11.6 Å². The standard InChI is InChI=1S/C14H16ClFN2O3/c1-14(12(19)20)3-2-4-18(8-14)13(21)17-11-6-9(15)5-10(16)7-11/h5-7H,2-4,8H2,1H3,(H,17,21)(H,19,20). The second kappa shape index (κ2) is 5.89. The van der Waals surface area contributed by atoms with Crippen LogP contribution in [0.1, 0.15) is 19.8 Å². The number of piperidine rings is 1. The van der Waals surface area contributed by atoms with Crippen molar-refractivity contribution in [2.75, 3.05) is 18.4 Å². The van der Waals surface area contributed by atoms with Crippen LogP contribution in [-0.2, 0) is 4.79 Å². The van der Waals surface area contributed by atoms with E-state index in [-0.39, 0.29) is 17.3 Å². The first-order valence-electron chi connectivity index (χ1n) is 6.56. The molecule has 1 heterocycles. The highest BCUT2D eigenvalue weighted by Crippen LogP contribution is 2.30. The van der Waals surface area contributed by atoms with Gasteiger partial charge in [-0.05, 0) is 38.0 Å². The number of likely N-dealkylation sites (tertiary alicyclic amines) is 1. The van der Waals surface area contributed by atoms with E-state index < -0.39 is 23.2 Å². The van der Waals surface area contributed by atoms with Gasteiger partial charge in [0.05, 0.1) is 5.41 Å². The summed E-state index contributed by atoms with van der Waals surface area (Å²) in [5.74, 6) is -1.47. The van der Waals surface area contributed by atoms with Crippen molar-refractivity contribution in [3.8, 4) is 0 Å². The van der Waals surface area contributed by atoms with E-state index in [2.05, 4.69) is 5.32 Å². The lowest BCUT2D eigenvalue weighted by molar-refractivity contribution is -0.150. The number of carbonyl (C=O) groups is 2. The second-order valence-electron chi connectivity index (χ2n) is 5.48. The van der Waals surface area contributed by atoms with Gasteiger partial charge < -0.3 is 15.3 Å². The molecule has 7 heteroatoms. The average molecular weight is 315 g/mol. The Morgan fingerprint density at radius 2 is 2.14 bits per heavy atom. The number of carbonyl (C=O) groups excluding carboxylic acids is 1. The molecule has 1 unspecified atom stereocenters. The molecular weight excluding hydrogens is 299 g/mol. The van der Waals surface area contributed by atoms with Gasteiger partial charge in [0, 0.05) is 23.8 Å². The lowest BCUT2D eigenvalue weighted by Crippen LogP contribution is -2.49. The second-order valence-corrected chi connectivity index (χ2v) is 5.92. The molecule has 0 aliphatic carbocycles. The van der Waals surface area contributed by atoms with Gasteiger partial charge in [-0.25, -0.2) is 9.18 Å². The molecule has 21 heavy (non-hydrogen) atoms. The zero-order chi connectivity index (χ0) is 15.6. The predicted octanol–water partition coefficient (Wildman–Crippen LogP) is 3.20. The van der Waals surface area contributed by atoms with E-state index in [1.165, 1.54) is 11.0 Å². The van der Waals surface area contributed by atoms with Gasteiger partial charge in [-0.1, -0.05) is 11.6 Å². The van der Waals surface area contributed by atoms with Crippen LogP contribution in [0, 0.1) is 11.2 Å². The summed E-state index contributed by atoms with van der Waals surface area (Å²) < 4.78 is 13.2. The van der Waals surface area contributed by atoms with Gasteiger partial charge in [-0.2, -0.15) is 0 Å². The molecule has 0 aromatic heterocycles. The van der Waals surface area contributed by atoms with Crippen LogP contribution in [0.25, 0.3) is 0 Å². The van der Waals surface area contributed by atoms with Crippen molar-refractivity contribution in [1.82, 2.24) is 4.90 Å². The molecule has 0 spiro atoms. The smallest absolute Gasteiger partial charge is 0.321 e. The minimum Gasteiger partial charge on any atom is -0.481 e. The normalized spacial score (nSPS) is 22.0. The largest absolute Gasteiger partial charge is 0.481 e. The Balaban J connectivity index is 2.08. The maximum Gasteiger partial charge on any atom is 0.321 e. The number of amides is 2. The number of aliphatic carboxylic acids is 1. The molecule has 0 radical (unpaired) electrons. The molecule has 1 aromatic rings. The maximum atomic E-state index is 13.2. The van der Waals surface area contributed by atoms with Gasteiger partial charge in [0.15, 0.2) is 0 Å². The Bertz CT molecular complexity index is 561. The van der Waals surface area contributed by atoms with Crippen LogP contribution in [0.15, 0.2) is 18.2 Å². The number of anilines is 1. The van der Waals surface area contributed by atoms with Crippen molar-refractivity contribution in [3.63, 3.8) is 0 Å². The quantitative estimate of drug-likeness (QED) is 0.880. The van der Waals surface area contributed by atoms with E-state index in [9.17, 15) is 19.1 Å². The molecule has 5 nitrogen and oxygen atoms in total. The number of nitrogens with zero attached hydrogens (tertiary/aromatic N) is 1. The highest BCUT2D eigenvalue weighted by atomic mass is 35.5. The van der Waals surface area contributed by atoms with Crippen LogP contribution in [0.3, 0.4) is 0 Å². The van der Waals surface area contributed by atoms with Crippen molar-refractivity contribution in [3.05, 3.63) is 29.0 Å². The number of carboxylic acids is 1. The average Bonchev–Trinajstić information content (AvgIpc) is 2.37. The van der Waals surface area contributed by atoms with Crippen molar-refractivity contribution in [2.24, 2.45) is 5.41 Å². The Labute approximate surface area is 126 Å². The van der Waals surface area contributed by atoms with Crippen molar-refractivity contribution >= 4 is 29.3 Å². The fourth-order valence-electron chi connectivity index (χ4n) is 2.42. The summed E-state index contributed by atoms with van der Waals surface area (Å²) >= 11 is 5.72. The van der Waals surface area contributed by atoms with E-state index in [1.807, 2.05) is 0 Å². The molecule has 0 saturated carbocycles. The van der Waals surface area contributed by atoms with Gasteiger partial charge >= 0.3 is 12.0 Å². The first-order valence-corrected chi connectivity index (χ1v) is 6.93. The zero-order valence-corrected chi connectivity index (χ0v) is 12.3. The number of halogens is 2. The lowest BCUT2D eigenvalue weighted by atomic mass is 9.82. The van der Waals surface area contributed by atoms with E-state index in [0.29, 0.717) is 19.4 Å². The Hall–Kier alpha value is -1.82. The Morgan fingerprint density at radius 3 is 2.76 bits per heavy atom. The number of hydrogen-bond donors (Lipinski definition) is 2. The molecule has 2 amide bonds. The monoisotopic (exact) mass is 314 g/mol. The van der Waals surface area contributed by atoms with E-state index in [1.54, 1.807) is 6.92 Å². The summed E-state index contributed by atoms with van der Waals surface area (Å²) in [6, 6.07) is 3.27. The fraction of sp³-hybridized carbons (Fsp3) is 0.429. The summed E-state index contributed by atoms with van der Waals surface area (Å²) in [5, 5.41) is 12.0. The van der Waals surface area contributed by atoms with Crippen molar-refractivity contribution < 1.29 is 19.1 Å². The van der Waals surface area contributed by atoms with Gasteiger partial charge in [0.1, 0.15) is 5.82 Å². The number of nitrogens with one attached hydrogen (secondary N) is 1. The first-order chi connectivity index (χ1) is 9.80. The molecule has 1 aliphatic rings. The zero-order valence-electron chi connectivity index (χ0n) is 11.5. The summed E-state index contributed by atoms with van der Waals surface area (Å²) in [6.07, 6.45) is 1.14. The van der Waals surface area contributed by atoms with Gasteiger partial charge in [-0.15, -0.1) is 0 Å². The molecule has 2 N–H and O–H groups in total. The molecule has 1 saturated heterocycles. The van der Waals surface area contributed by atoms with Crippen LogP contribution in [0.4, 0.5) is 14.9 Å². The SMILES string of the molecule is CC1(C(=O)O)CCCN(C(=O)Nc2cc(F)cc(Cl)c2)C1. The molecule has 1 fully saturated rings. The van der Waals surface area contributed by atoms with Crippen LogP contribution in [0.5, 0.6) is 0 Å². The molecule has 1 atom stereocenters. The summed E-state index contributed by atoms with van der Waals surface area (Å²) in [7, 11) is 0. The predicted molar refractivity (Wildman–Crippen MR) is 77.0 cm³/mol. The van der Waals surface area contributed by atoms with Crippen LogP contribution in [-0.4, -0.2) is 35.1 Å². The molecule has 1 aliphatic heterocycles. The topological polar surface area (TPSA) is 69.6 Å². The van der Waals surface area contributed by atoms with Gasteiger partial charge in [0.25, 0.3) is 0 Å². The minimum atomic E-state index is -0.949. The summed E-state index contributed by atoms with van der Waals surface area (Å²) in [4.78, 5) is 24.9. The van der Waals surface area contributed by atoms with E-state index >= 15 is 0 Å². The summed E-state index contributed by atoms with van der Waals surface area (Å²) in [5.41, 5.74) is -0.706. The molecule has 0 bridgehead atoms. The van der Waals surface area contributed by atoms with Crippen LogP contribution in [0.2, 0.25) is 5.02 Å². The van der Waals surface area contributed by atoms with Gasteiger partial charge in [-0.3, -0.25) is 4.79 Å². The maximum absolute atomic E-state index is 13.2. The third kappa shape index (κ3) is 3.64. The molecule has 1 aromatic carbocycles. The fourth-order valence-corrected chi connectivity index (χ4v) is 2.64. The van der Waals surface area contributed by atoms with Crippen LogP contribution < -0.4 is 5.32 Å². The highest BCUT2D eigenvalue weighted by Gasteiger charge is 2.39. The number of benzene rings is 1. The lowest BCUT2D eigenvalue weighted by Gasteiger charge is -2.37.